The summed E-state index contributed by atoms with van der Waals surface area (Å²) >= 11 is 5.80. The number of sulfone groups is 1. The monoisotopic (exact) mass is 490 g/mol. The Hall–Kier alpha value is -2.17. The molecule has 0 spiro atoms. The quantitative estimate of drug-likeness (QED) is 0.611. The maximum absolute atomic E-state index is 13.5. The molecule has 11 heteroatoms. The van der Waals surface area contributed by atoms with E-state index in [0.29, 0.717) is 5.56 Å². The van der Waals surface area contributed by atoms with Crippen molar-refractivity contribution in [1.82, 2.24) is 5.32 Å². The largest absolute Gasteiger partial charge is 0.348 e. The second kappa shape index (κ2) is 9.54. The van der Waals surface area contributed by atoms with Crippen molar-refractivity contribution in [1.29, 1.82) is 0 Å². The van der Waals surface area contributed by atoms with Crippen molar-refractivity contribution in [2.75, 3.05) is 16.8 Å². The van der Waals surface area contributed by atoms with Gasteiger partial charge in [0.25, 0.3) is 0 Å². The summed E-state index contributed by atoms with van der Waals surface area (Å²) in [5.41, 5.74) is 0.715. The van der Waals surface area contributed by atoms with Gasteiger partial charge in [0.1, 0.15) is 11.9 Å². The highest BCUT2D eigenvalue weighted by Gasteiger charge is 2.32. The summed E-state index contributed by atoms with van der Waals surface area (Å²) in [6.45, 7) is 3.35. The van der Waals surface area contributed by atoms with Crippen LogP contribution in [0.5, 0.6) is 0 Å². The predicted octanol–water partition coefficient (Wildman–Crippen LogP) is 3.30. The molecular weight excluding hydrogens is 467 g/mol. The van der Waals surface area contributed by atoms with Gasteiger partial charge in [0.15, 0.2) is 9.84 Å². The van der Waals surface area contributed by atoms with Crippen LogP contribution in [0, 0.1) is 5.82 Å². The number of nitrogens with zero attached hydrogens (tertiary/aromatic N) is 1. The van der Waals surface area contributed by atoms with E-state index in [-0.39, 0.29) is 22.0 Å². The SMILES string of the molecule is CC[C@H](C(=O)N[C@H](C)c1ccc(S(C)(=O)=O)cc1)N(c1ccc(F)c(Cl)c1)S(C)(=O)=O. The van der Waals surface area contributed by atoms with Crippen molar-refractivity contribution in [3.63, 3.8) is 0 Å². The summed E-state index contributed by atoms with van der Waals surface area (Å²) < 4.78 is 62.6. The molecule has 0 saturated carbocycles. The van der Waals surface area contributed by atoms with Crippen LogP contribution in [-0.2, 0) is 24.7 Å². The van der Waals surface area contributed by atoms with Gasteiger partial charge in [-0.2, -0.15) is 0 Å². The van der Waals surface area contributed by atoms with Gasteiger partial charge < -0.3 is 5.32 Å². The van der Waals surface area contributed by atoms with Gasteiger partial charge in [-0.1, -0.05) is 30.7 Å². The van der Waals surface area contributed by atoms with E-state index in [4.69, 9.17) is 11.6 Å². The van der Waals surface area contributed by atoms with Crippen LogP contribution in [-0.4, -0.2) is 41.3 Å². The number of benzene rings is 2. The lowest BCUT2D eigenvalue weighted by Crippen LogP contribution is -2.49. The molecule has 0 saturated heterocycles. The van der Waals surface area contributed by atoms with Crippen molar-refractivity contribution >= 4 is 43.1 Å². The summed E-state index contributed by atoms with van der Waals surface area (Å²) in [5.74, 6) is -1.27. The van der Waals surface area contributed by atoms with Gasteiger partial charge in [0.05, 0.1) is 27.9 Å². The Morgan fingerprint density at radius 2 is 1.68 bits per heavy atom. The van der Waals surface area contributed by atoms with Crippen LogP contribution in [0.25, 0.3) is 0 Å². The van der Waals surface area contributed by atoms with E-state index in [1.807, 2.05) is 0 Å². The molecule has 1 N–H and O–H groups in total. The van der Waals surface area contributed by atoms with E-state index in [2.05, 4.69) is 5.32 Å². The minimum Gasteiger partial charge on any atom is -0.348 e. The zero-order chi connectivity index (χ0) is 23.6. The Kier molecular flexibility index (Phi) is 7.72. The molecule has 0 heterocycles. The van der Waals surface area contributed by atoms with Crippen molar-refractivity contribution in [2.45, 2.75) is 37.2 Å². The van der Waals surface area contributed by atoms with Crippen molar-refractivity contribution in [2.24, 2.45) is 0 Å². The third kappa shape index (κ3) is 6.18. The lowest BCUT2D eigenvalue weighted by molar-refractivity contribution is -0.122. The number of carbonyl (C=O) groups excluding carboxylic acids is 1. The van der Waals surface area contributed by atoms with Crippen molar-refractivity contribution in [3.8, 4) is 0 Å². The zero-order valence-corrected chi connectivity index (χ0v) is 19.9. The normalized spacial score (nSPS) is 14.0. The smallest absolute Gasteiger partial charge is 0.244 e. The number of hydrogen-bond acceptors (Lipinski definition) is 5. The van der Waals surface area contributed by atoms with Gasteiger partial charge in [0, 0.05) is 6.26 Å². The van der Waals surface area contributed by atoms with E-state index in [1.54, 1.807) is 26.0 Å². The fourth-order valence-electron chi connectivity index (χ4n) is 3.08. The molecule has 7 nitrogen and oxygen atoms in total. The predicted molar refractivity (Wildman–Crippen MR) is 119 cm³/mol. The summed E-state index contributed by atoms with van der Waals surface area (Å²) in [5, 5.41) is 2.49. The minimum absolute atomic E-state index is 0.0704. The Morgan fingerprint density at radius 1 is 1.10 bits per heavy atom. The third-order valence-corrected chi connectivity index (χ3v) is 7.25. The van der Waals surface area contributed by atoms with Crippen LogP contribution in [0.1, 0.15) is 31.9 Å². The highest BCUT2D eigenvalue weighted by molar-refractivity contribution is 7.92. The molecular formula is C20H24ClFN2O5S2. The van der Waals surface area contributed by atoms with E-state index in [1.165, 1.54) is 18.2 Å². The number of hydrogen-bond donors (Lipinski definition) is 1. The molecule has 0 aliphatic rings. The molecule has 0 aliphatic carbocycles. The molecule has 0 aliphatic heterocycles. The molecule has 1 amide bonds. The van der Waals surface area contributed by atoms with Crippen LogP contribution in [0.4, 0.5) is 10.1 Å². The molecule has 170 valence electrons. The highest BCUT2D eigenvalue weighted by atomic mass is 35.5. The molecule has 0 aromatic heterocycles. The maximum Gasteiger partial charge on any atom is 0.244 e. The molecule has 0 radical (unpaired) electrons. The summed E-state index contributed by atoms with van der Waals surface area (Å²) in [4.78, 5) is 13.1. The first kappa shape index (κ1) is 25.1. The average Bonchev–Trinajstić information content (AvgIpc) is 2.66. The van der Waals surface area contributed by atoms with Gasteiger partial charge in [-0.25, -0.2) is 21.2 Å². The minimum atomic E-state index is -3.90. The van der Waals surface area contributed by atoms with E-state index >= 15 is 0 Å². The van der Waals surface area contributed by atoms with E-state index in [9.17, 15) is 26.0 Å². The van der Waals surface area contributed by atoms with E-state index in [0.717, 1.165) is 28.9 Å². The number of anilines is 1. The number of rotatable bonds is 8. The van der Waals surface area contributed by atoms with Gasteiger partial charge in [-0.3, -0.25) is 9.10 Å². The second-order valence-electron chi connectivity index (χ2n) is 7.15. The lowest BCUT2D eigenvalue weighted by atomic mass is 10.1. The molecule has 2 aromatic rings. The first-order chi connectivity index (χ1) is 14.3. The van der Waals surface area contributed by atoms with Crippen LogP contribution >= 0.6 is 11.6 Å². The Labute approximate surface area is 187 Å². The molecule has 2 atom stereocenters. The summed E-state index contributed by atoms with van der Waals surface area (Å²) in [7, 11) is -7.25. The Bertz CT molecular complexity index is 1170. The van der Waals surface area contributed by atoms with Gasteiger partial charge in [-0.15, -0.1) is 0 Å². The van der Waals surface area contributed by atoms with Gasteiger partial charge in [0.2, 0.25) is 15.9 Å². The summed E-state index contributed by atoms with van der Waals surface area (Å²) in [6, 6.07) is 7.84. The fourth-order valence-corrected chi connectivity index (χ4v) is 5.09. The molecule has 0 bridgehead atoms. The molecule has 2 aromatic carbocycles. The van der Waals surface area contributed by atoms with Crippen LogP contribution in [0.15, 0.2) is 47.4 Å². The number of nitrogens with one attached hydrogen (secondary N) is 1. The second-order valence-corrected chi connectivity index (χ2v) is 11.4. The molecule has 2 rings (SSSR count). The lowest BCUT2D eigenvalue weighted by Gasteiger charge is -2.31. The molecule has 0 unspecified atom stereocenters. The van der Waals surface area contributed by atoms with Crippen LogP contribution in [0.3, 0.4) is 0 Å². The number of amides is 1. The van der Waals surface area contributed by atoms with Crippen LogP contribution < -0.4 is 9.62 Å². The number of carbonyl (C=O) groups is 1. The summed E-state index contributed by atoms with van der Waals surface area (Å²) in [6.07, 6.45) is 2.20. The highest BCUT2D eigenvalue weighted by Crippen LogP contribution is 2.27. The Balaban J connectivity index is 2.32. The van der Waals surface area contributed by atoms with Crippen molar-refractivity contribution in [3.05, 3.63) is 58.9 Å². The first-order valence-electron chi connectivity index (χ1n) is 9.30. The standard InChI is InChI=1S/C20H24ClFN2O5S2/c1-5-19(24(31(4,28)29)15-8-11-18(22)17(21)12-15)20(25)23-13(2)14-6-9-16(10-7-14)30(3,26)27/h6-13,19H,5H2,1-4H3,(H,23,25)/t13-,19-/m1/s1. The fraction of sp³-hybridized carbons (Fsp3) is 0.350. The van der Waals surface area contributed by atoms with E-state index < -0.39 is 43.7 Å². The number of halogens is 2. The number of sulfonamides is 1. The maximum atomic E-state index is 13.5. The molecule has 0 fully saturated rings. The first-order valence-corrected chi connectivity index (χ1v) is 13.4. The molecule has 31 heavy (non-hydrogen) atoms. The van der Waals surface area contributed by atoms with Crippen molar-refractivity contribution < 1.29 is 26.0 Å². The van der Waals surface area contributed by atoms with Gasteiger partial charge in [-0.05, 0) is 49.2 Å². The van der Waals surface area contributed by atoms with Crippen LogP contribution in [0.2, 0.25) is 5.02 Å². The average molecular weight is 491 g/mol. The topological polar surface area (TPSA) is 101 Å². The Morgan fingerprint density at radius 3 is 2.13 bits per heavy atom. The third-order valence-electron chi connectivity index (χ3n) is 4.65. The van der Waals surface area contributed by atoms with Gasteiger partial charge >= 0.3 is 0 Å². The zero-order valence-electron chi connectivity index (χ0n) is 17.5.